The van der Waals surface area contributed by atoms with Crippen molar-refractivity contribution in [2.75, 3.05) is 46.0 Å². The SMILES string of the molecule is CCCOc1ccc(-c2nc(C(=O)NCCN3CCOCC3)cs2)c(F)c1. The minimum atomic E-state index is -0.405. The fourth-order valence-electron chi connectivity index (χ4n) is 2.72. The van der Waals surface area contributed by atoms with Crippen molar-refractivity contribution in [1.29, 1.82) is 0 Å². The van der Waals surface area contributed by atoms with Crippen LogP contribution in [0.4, 0.5) is 4.39 Å². The van der Waals surface area contributed by atoms with E-state index >= 15 is 0 Å². The van der Waals surface area contributed by atoms with E-state index in [9.17, 15) is 9.18 Å². The highest BCUT2D eigenvalue weighted by Gasteiger charge is 2.16. The van der Waals surface area contributed by atoms with Gasteiger partial charge in [-0.2, -0.15) is 0 Å². The summed E-state index contributed by atoms with van der Waals surface area (Å²) in [4.78, 5) is 18.8. The van der Waals surface area contributed by atoms with E-state index in [1.54, 1.807) is 17.5 Å². The highest BCUT2D eigenvalue weighted by atomic mass is 32.1. The normalized spacial score (nSPS) is 14.9. The number of halogens is 1. The molecule has 1 fully saturated rings. The van der Waals surface area contributed by atoms with E-state index < -0.39 is 5.82 Å². The monoisotopic (exact) mass is 393 g/mol. The zero-order valence-electron chi connectivity index (χ0n) is 15.4. The number of nitrogens with zero attached hydrogens (tertiary/aromatic N) is 2. The van der Waals surface area contributed by atoms with Crippen LogP contribution in [0.5, 0.6) is 5.75 Å². The summed E-state index contributed by atoms with van der Waals surface area (Å²) in [6.07, 6.45) is 0.861. The zero-order chi connectivity index (χ0) is 19.1. The third kappa shape index (κ3) is 5.47. The van der Waals surface area contributed by atoms with Crippen molar-refractivity contribution in [2.24, 2.45) is 0 Å². The molecule has 2 aromatic rings. The van der Waals surface area contributed by atoms with Crippen molar-refractivity contribution < 1.29 is 18.7 Å². The number of nitrogens with one attached hydrogen (secondary N) is 1. The highest BCUT2D eigenvalue weighted by Crippen LogP contribution is 2.29. The Balaban J connectivity index is 1.56. The summed E-state index contributed by atoms with van der Waals surface area (Å²) in [7, 11) is 0. The molecule has 8 heteroatoms. The molecule has 1 saturated heterocycles. The largest absolute Gasteiger partial charge is 0.494 e. The van der Waals surface area contributed by atoms with Crippen LogP contribution >= 0.6 is 11.3 Å². The summed E-state index contributed by atoms with van der Waals surface area (Å²) in [6.45, 7) is 7.10. The maximum absolute atomic E-state index is 14.4. The highest BCUT2D eigenvalue weighted by molar-refractivity contribution is 7.13. The van der Waals surface area contributed by atoms with Gasteiger partial charge < -0.3 is 14.8 Å². The number of amides is 1. The van der Waals surface area contributed by atoms with E-state index in [0.717, 1.165) is 39.3 Å². The summed E-state index contributed by atoms with van der Waals surface area (Å²) in [5, 5.41) is 5.00. The van der Waals surface area contributed by atoms with Gasteiger partial charge >= 0.3 is 0 Å². The molecular formula is C19H24FN3O3S. The molecule has 1 aromatic carbocycles. The number of hydrogen-bond acceptors (Lipinski definition) is 6. The molecule has 6 nitrogen and oxygen atoms in total. The quantitative estimate of drug-likeness (QED) is 0.747. The van der Waals surface area contributed by atoms with Gasteiger partial charge in [-0.25, -0.2) is 9.37 Å². The lowest BCUT2D eigenvalue weighted by atomic mass is 10.2. The first-order valence-corrected chi connectivity index (χ1v) is 10.0. The first-order valence-electron chi connectivity index (χ1n) is 9.14. The number of aromatic nitrogens is 1. The van der Waals surface area contributed by atoms with Crippen LogP contribution in [-0.4, -0.2) is 61.8 Å². The van der Waals surface area contributed by atoms with E-state index in [2.05, 4.69) is 15.2 Å². The summed E-state index contributed by atoms with van der Waals surface area (Å²) < 4.78 is 25.1. The van der Waals surface area contributed by atoms with Crippen molar-refractivity contribution >= 4 is 17.2 Å². The second-order valence-electron chi connectivity index (χ2n) is 6.24. The number of ether oxygens (including phenoxy) is 2. The lowest BCUT2D eigenvalue weighted by molar-refractivity contribution is 0.0383. The molecule has 0 saturated carbocycles. The van der Waals surface area contributed by atoms with Crippen LogP contribution in [0.15, 0.2) is 23.6 Å². The molecule has 3 rings (SSSR count). The molecule has 0 aliphatic carbocycles. The fraction of sp³-hybridized carbons (Fsp3) is 0.474. The molecule has 1 aliphatic heterocycles. The number of carbonyl (C=O) groups is 1. The van der Waals surface area contributed by atoms with Crippen molar-refractivity contribution in [2.45, 2.75) is 13.3 Å². The summed E-state index contributed by atoms with van der Waals surface area (Å²) in [5.41, 5.74) is 0.680. The van der Waals surface area contributed by atoms with E-state index in [1.165, 1.54) is 17.4 Å². The Labute approximate surface area is 162 Å². The van der Waals surface area contributed by atoms with Crippen LogP contribution in [0.3, 0.4) is 0 Å². The third-order valence-electron chi connectivity index (χ3n) is 4.20. The minimum Gasteiger partial charge on any atom is -0.494 e. The minimum absolute atomic E-state index is 0.242. The van der Waals surface area contributed by atoms with Crippen LogP contribution in [0.2, 0.25) is 0 Å². The van der Waals surface area contributed by atoms with Gasteiger partial charge in [0.05, 0.1) is 19.8 Å². The second kappa shape index (κ2) is 9.77. The Kier molecular flexibility index (Phi) is 7.14. The molecule has 27 heavy (non-hydrogen) atoms. The molecule has 1 aromatic heterocycles. The Morgan fingerprint density at radius 2 is 2.22 bits per heavy atom. The molecular weight excluding hydrogens is 369 g/mol. The molecule has 0 radical (unpaired) electrons. The topological polar surface area (TPSA) is 63.7 Å². The van der Waals surface area contributed by atoms with Crippen LogP contribution in [0, 0.1) is 5.82 Å². The third-order valence-corrected chi connectivity index (χ3v) is 5.07. The number of morpholine rings is 1. The van der Waals surface area contributed by atoms with Crippen molar-refractivity contribution in [3.8, 4) is 16.3 Å². The summed E-state index contributed by atoms with van der Waals surface area (Å²) in [6, 6.07) is 4.71. The number of rotatable bonds is 8. The number of hydrogen-bond donors (Lipinski definition) is 1. The predicted molar refractivity (Wildman–Crippen MR) is 103 cm³/mol. The smallest absolute Gasteiger partial charge is 0.270 e. The van der Waals surface area contributed by atoms with E-state index in [1.807, 2.05) is 6.92 Å². The Hall–Kier alpha value is -2.03. The summed E-state index contributed by atoms with van der Waals surface area (Å²) in [5.74, 6) is -0.151. The Morgan fingerprint density at radius 3 is 2.96 bits per heavy atom. The van der Waals surface area contributed by atoms with Gasteiger partial charge in [0.1, 0.15) is 22.3 Å². The standard InChI is InChI=1S/C19H24FN3O3S/c1-2-9-26-14-3-4-15(16(20)12-14)19-22-17(13-27-19)18(24)21-5-6-23-7-10-25-11-8-23/h3-4,12-13H,2,5-11H2,1H3,(H,21,24). The maximum Gasteiger partial charge on any atom is 0.270 e. The van der Waals surface area contributed by atoms with Gasteiger partial charge in [0.2, 0.25) is 0 Å². The number of benzene rings is 1. The zero-order valence-corrected chi connectivity index (χ0v) is 16.2. The molecule has 1 aliphatic rings. The van der Waals surface area contributed by atoms with E-state index in [0.29, 0.717) is 35.2 Å². The van der Waals surface area contributed by atoms with Crippen LogP contribution in [0.25, 0.3) is 10.6 Å². The first-order chi connectivity index (χ1) is 13.2. The lowest BCUT2D eigenvalue weighted by Crippen LogP contribution is -2.41. The molecule has 1 N–H and O–H groups in total. The van der Waals surface area contributed by atoms with Gasteiger partial charge in [-0.3, -0.25) is 9.69 Å². The number of thiazole rings is 1. The fourth-order valence-corrected chi connectivity index (χ4v) is 3.55. The second-order valence-corrected chi connectivity index (χ2v) is 7.10. The molecule has 0 spiro atoms. The van der Waals surface area contributed by atoms with Crippen LogP contribution in [-0.2, 0) is 4.74 Å². The van der Waals surface area contributed by atoms with Crippen molar-refractivity contribution in [1.82, 2.24) is 15.2 Å². The maximum atomic E-state index is 14.4. The lowest BCUT2D eigenvalue weighted by Gasteiger charge is -2.26. The molecule has 1 amide bonds. The van der Waals surface area contributed by atoms with Gasteiger partial charge in [0.15, 0.2) is 0 Å². The van der Waals surface area contributed by atoms with Crippen LogP contribution < -0.4 is 10.1 Å². The van der Waals surface area contributed by atoms with Gasteiger partial charge in [0.25, 0.3) is 5.91 Å². The molecule has 2 heterocycles. The average molecular weight is 393 g/mol. The number of carbonyl (C=O) groups excluding carboxylic acids is 1. The molecule has 146 valence electrons. The van der Waals surface area contributed by atoms with Gasteiger partial charge in [-0.1, -0.05) is 6.92 Å². The molecule has 0 atom stereocenters. The predicted octanol–water partition coefficient (Wildman–Crippen LogP) is 2.80. The van der Waals surface area contributed by atoms with Crippen LogP contribution in [0.1, 0.15) is 23.8 Å². The van der Waals surface area contributed by atoms with E-state index in [4.69, 9.17) is 9.47 Å². The molecule has 0 unspecified atom stereocenters. The van der Waals surface area contributed by atoms with Gasteiger partial charge in [-0.15, -0.1) is 11.3 Å². The Morgan fingerprint density at radius 1 is 1.41 bits per heavy atom. The van der Waals surface area contributed by atoms with Crippen molar-refractivity contribution in [3.05, 3.63) is 35.1 Å². The average Bonchev–Trinajstić information content (AvgIpc) is 3.17. The van der Waals surface area contributed by atoms with Crippen molar-refractivity contribution in [3.63, 3.8) is 0 Å². The van der Waals surface area contributed by atoms with E-state index in [-0.39, 0.29) is 5.91 Å². The summed E-state index contributed by atoms with van der Waals surface area (Å²) >= 11 is 1.25. The Bertz CT molecular complexity index is 762. The van der Waals surface area contributed by atoms with Gasteiger partial charge in [-0.05, 0) is 18.6 Å². The molecule has 0 bridgehead atoms. The first kappa shape index (κ1) is 19.7. The van der Waals surface area contributed by atoms with Gasteiger partial charge in [0, 0.05) is 43.2 Å².